The van der Waals surface area contributed by atoms with E-state index in [-0.39, 0.29) is 23.3 Å². The van der Waals surface area contributed by atoms with Crippen molar-refractivity contribution in [3.8, 4) is 0 Å². The van der Waals surface area contributed by atoms with Crippen LogP contribution in [0.15, 0.2) is 59.5 Å². The van der Waals surface area contributed by atoms with Crippen LogP contribution in [0.3, 0.4) is 0 Å². The fraction of sp³-hybridized carbons (Fsp3) is 0.250. The van der Waals surface area contributed by atoms with Crippen LogP contribution in [0.1, 0.15) is 30.1 Å². The molecule has 0 unspecified atom stereocenters. The highest BCUT2D eigenvalue weighted by Crippen LogP contribution is 2.41. The van der Waals surface area contributed by atoms with Crippen LogP contribution in [0, 0.1) is 0 Å². The maximum atomic E-state index is 13.8. The number of hydrogen-bond donors (Lipinski definition) is 1. The van der Waals surface area contributed by atoms with E-state index in [1.54, 1.807) is 59.5 Å². The van der Waals surface area contributed by atoms with Gasteiger partial charge < -0.3 is 10.2 Å². The summed E-state index contributed by atoms with van der Waals surface area (Å²) in [4.78, 5) is 27.5. The number of benzene rings is 3. The fourth-order valence-corrected chi connectivity index (χ4v) is 6.71. The van der Waals surface area contributed by atoms with Crippen LogP contribution in [0.25, 0.3) is 10.8 Å². The van der Waals surface area contributed by atoms with Crippen LogP contribution >= 0.6 is 11.6 Å². The first-order chi connectivity index (χ1) is 15.8. The van der Waals surface area contributed by atoms with Gasteiger partial charge in [0.2, 0.25) is 15.9 Å². The lowest BCUT2D eigenvalue weighted by Crippen LogP contribution is -2.43. The third-order valence-electron chi connectivity index (χ3n) is 6.27. The number of nitrogens with zero attached hydrogens (tertiary/aromatic N) is 2. The van der Waals surface area contributed by atoms with Crippen LogP contribution in [0.5, 0.6) is 0 Å². The quantitative estimate of drug-likeness (QED) is 0.587. The molecule has 2 heterocycles. The largest absolute Gasteiger partial charge is 0.325 e. The third-order valence-corrected chi connectivity index (χ3v) is 8.48. The van der Waals surface area contributed by atoms with Crippen molar-refractivity contribution in [2.45, 2.75) is 30.7 Å². The van der Waals surface area contributed by atoms with E-state index in [1.807, 2.05) is 6.92 Å². The second kappa shape index (κ2) is 8.13. The summed E-state index contributed by atoms with van der Waals surface area (Å²) in [6, 6.07) is 14.2. The van der Waals surface area contributed by atoms with Crippen molar-refractivity contribution in [2.75, 3.05) is 23.3 Å². The number of carbonyl (C=O) groups excluding carboxylic acids is 2. The zero-order valence-electron chi connectivity index (χ0n) is 17.9. The predicted octanol–water partition coefficient (Wildman–Crippen LogP) is 4.27. The predicted molar refractivity (Wildman–Crippen MR) is 128 cm³/mol. The topological polar surface area (TPSA) is 86.8 Å². The number of hydrogen-bond acceptors (Lipinski definition) is 4. The summed E-state index contributed by atoms with van der Waals surface area (Å²) in [5, 5.41) is 4.48. The molecule has 1 saturated heterocycles. The minimum atomic E-state index is -3.98. The summed E-state index contributed by atoms with van der Waals surface area (Å²) in [6.45, 7) is 2.63. The molecule has 0 aromatic heterocycles. The molecule has 7 nitrogen and oxygen atoms in total. The standard InChI is InChI=1S/C24H22ClN3O4S/c1-2-27-19-12-13-21(17-5-3-6-18(22(17)19)24(27)30)33(31,32)28-14-4-7-20(28)23(29)26-16-10-8-15(25)9-11-16/h3,5-6,8-13,20H,2,4,7,14H2,1H3,(H,26,29)/t20-/m1/s1. The van der Waals surface area contributed by atoms with Gasteiger partial charge in [-0.05, 0) is 62.2 Å². The average Bonchev–Trinajstić information content (AvgIpc) is 3.41. The number of nitrogens with one attached hydrogen (secondary N) is 1. The van der Waals surface area contributed by atoms with Gasteiger partial charge in [-0.2, -0.15) is 4.31 Å². The summed E-state index contributed by atoms with van der Waals surface area (Å²) in [5.74, 6) is -0.509. The lowest BCUT2D eigenvalue weighted by Gasteiger charge is -2.24. The van der Waals surface area contributed by atoms with E-state index in [0.717, 1.165) is 0 Å². The van der Waals surface area contributed by atoms with Crippen molar-refractivity contribution in [2.24, 2.45) is 0 Å². The van der Waals surface area contributed by atoms with Crippen molar-refractivity contribution in [1.82, 2.24) is 4.31 Å². The molecule has 0 bridgehead atoms. The normalized spacial score (nSPS) is 18.3. The van der Waals surface area contributed by atoms with Crippen LogP contribution in [0.4, 0.5) is 11.4 Å². The molecule has 3 aromatic carbocycles. The minimum absolute atomic E-state index is 0.111. The van der Waals surface area contributed by atoms with Gasteiger partial charge in [0.15, 0.2) is 0 Å². The van der Waals surface area contributed by atoms with Gasteiger partial charge in [0.05, 0.1) is 10.6 Å². The Balaban J connectivity index is 1.52. The molecule has 1 fully saturated rings. The fourth-order valence-electron chi connectivity index (χ4n) is 4.73. The number of sulfonamides is 1. The Morgan fingerprint density at radius 1 is 1.12 bits per heavy atom. The zero-order chi connectivity index (χ0) is 23.3. The van der Waals surface area contributed by atoms with Crippen molar-refractivity contribution in [3.05, 3.63) is 65.2 Å². The maximum absolute atomic E-state index is 13.8. The molecule has 5 rings (SSSR count). The number of amides is 2. The van der Waals surface area contributed by atoms with Gasteiger partial charge >= 0.3 is 0 Å². The summed E-state index contributed by atoms with van der Waals surface area (Å²) in [5.41, 5.74) is 1.77. The van der Waals surface area contributed by atoms with Crippen molar-refractivity contribution in [1.29, 1.82) is 0 Å². The molecule has 1 N–H and O–H groups in total. The molecule has 0 spiro atoms. The van der Waals surface area contributed by atoms with Gasteiger partial charge in [0.1, 0.15) is 6.04 Å². The number of carbonyl (C=O) groups is 2. The molecular formula is C24H22ClN3O4S. The Labute approximate surface area is 197 Å². The zero-order valence-corrected chi connectivity index (χ0v) is 19.5. The Morgan fingerprint density at radius 3 is 2.61 bits per heavy atom. The molecule has 170 valence electrons. The first-order valence-electron chi connectivity index (χ1n) is 10.8. The Morgan fingerprint density at radius 2 is 1.88 bits per heavy atom. The Hall–Kier alpha value is -2.94. The number of anilines is 2. The first kappa shape index (κ1) is 21.9. The van der Waals surface area contributed by atoms with Gasteiger partial charge in [0.25, 0.3) is 5.91 Å². The molecule has 0 saturated carbocycles. The molecule has 0 aliphatic carbocycles. The summed E-state index contributed by atoms with van der Waals surface area (Å²) >= 11 is 5.90. The van der Waals surface area contributed by atoms with Gasteiger partial charge in [-0.3, -0.25) is 9.59 Å². The summed E-state index contributed by atoms with van der Waals surface area (Å²) in [6.07, 6.45) is 1.02. The van der Waals surface area contributed by atoms with Crippen LogP contribution in [-0.2, 0) is 14.8 Å². The van der Waals surface area contributed by atoms with E-state index in [4.69, 9.17) is 11.6 Å². The molecule has 2 aliphatic rings. The lowest BCUT2D eigenvalue weighted by molar-refractivity contribution is -0.119. The van der Waals surface area contributed by atoms with Gasteiger partial charge in [-0.15, -0.1) is 0 Å². The van der Waals surface area contributed by atoms with Gasteiger partial charge in [-0.25, -0.2) is 8.42 Å². The smallest absolute Gasteiger partial charge is 0.258 e. The van der Waals surface area contributed by atoms with Crippen molar-refractivity contribution in [3.63, 3.8) is 0 Å². The molecule has 2 aliphatic heterocycles. The third kappa shape index (κ3) is 3.49. The minimum Gasteiger partial charge on any atom is -0.325 e. The van der Waals surface area contributed by atoms with Gasteiger partial charge in [0, 0.05) is 40.1 Å². The van der Waals surface area contributed by atoms with E-state index >= 15 is 0 Å². The van der Waals surface area contributed by atoms with E-state index < -0.39 is 16.1 Å². The molecule has 33 heavy (non-hydrogen) atoms. The summed E-state index contributed by atoms with van der Waals surface area (Å²) in [7, 11) is -3.98. The van der Waals surface area contributed by atoms with Crippen molar-refractivity contribution < 1.29 is 18.0 Å². The van der Waals surface area contributed by atoms with Gasteiger partial charge in [-0.1, -0.05) is 23.7 Å². The molecule has 9 heteroatoms. The van der Waals surface area contributed by atoms with E-state index in [1.165, 1.54) is 4.31 Å². The molecular weight excluding hydrogens is 462 g/mol. The first-order valence-corrected chi connectivity index (χ1v) is 12.6. The number of halogens is 1. The second-order valence-electron chi connectivity index (χ2n) is 8.13. The number of rotatable bonds is 5. The molecule has 2 amide bonds. The second-order valence-corrected chi connectivity index (χ2v) is 10.4. The highest BCUT2D eigenvalue weighted by molar-refractivity contribution is 7.89. The Kier molecular flexibility index (Phi) is 5.39. The van der Waals surface area contributed by atoms with Crippen LogP contribution < -0.4 is 10.2 Å². The van der Waals surface area contributed by atoms with Crippen LogP contribution in [0.2, 0.25) is 5.02 Å². The van der Waals surface area contributed by atoms with E-state index in [9.17, 15) is 18.0 Å². The molecule has 0 radical (unpaired) electrons. The highest BCUT2D eigenvalue weighted by Gasteiger charge is 2.41. The molecule has 3 aromatic rings. The average molecular weight is 484 g/mol. The Bertz CT molecular complexity index is 1390. The SMILES string of the molecule is CCN1C(=O)c2cccc3c(S(=O)(=O)N4CCC[C@@H]4C(=O)Nc4ccc(Cl)cc4)ccc1c23. The van der Waals surface area contributed by atoms with Crippen LogP contribution in [-0.4, -0.2) is 43.7 Å². The van der Waals surface area contributed by atoms with E-state index in [2.05, 4.69) is 5.32 Å². The van der Waals surface area contributed by atoms with Crippen molar-refractivity contribution >= 4 is 55.6 Å². The molecule has 1 atom stereocenters. The lowest BCUT2D eigenvalue weighted by atomic mass is 10.1. The maximum Gasteiger partial charge on any atom is 0.258 e. The highest BCUT2D eigenvalue weighted by atomic mass is 35.5. The summed E-state index contributed by atoms with van der Waals surface area (Å²) < 4.78 is 28.8. The van der Waals surface area contributed by atoms with E-state index in [0.29, 0.717) is 52.1 Å². The monoisotopic (exact) mass is 483 g/mol.